The van der Waals surface area contributed by atoms with Gasteiger partial charge < -0.3 is 19.9 Å². The molecule has 0 radical (unpaired) electrons. The molecule has 5 nitrogen and oxygen atoms in total. The number of guanidine groups is 1. The van der Waals surface area contributed by atoms with Gasteiger partial charge in [-0.3, -0.25) is 4.99 Å². The van der Waals surface area contributed by atoms with Gasteiger partial charge in [0.05, 0.1) is 6.61 Å². The van der Waals surface area contributed by atoms with E-state index in [0.717, 1.165) is 31.3 Å². The third-order valence-electron chi connectivity index (χ3n) is 4.76. The van der Waals surface area contributed by atoms with Gasteiger partial charge >= 0.3 is 0 Å². The van der Waals surface area contributed by atoms with Crippen LogP contribution in [-0.4, -0.2) is 62.1 Å². The average Bonchev–Trinajstić information content (AvgIpc) is 3.08. The van der Waals surface area contributed by atoms with E-state index < -0.39 is 0 Å². The minimum atomic E-state index is 0.689. The first-order valence-corrected chi connectivity index (χ1v) is 10.1. The Labute approximate surface area is 159 Å². The number of ether oxygens (including phenoxy) is 1. The van der Waals surface area contributed by atoms with Crippen LogP contribution in [0.3, 0.4) is 0 Å². The maximum Gasteiger partial charge on any atom is 0.193 e. The van der Waals surface area contributed by atoms with E-state index in [1.54, 1.807) is 0 Å². The molecule has 1 unspecified atom stereocenters. The number of nitrogens with zero attached hydrogens (tertiary/aromatic N) is 3. The molecular formula is C21H36N4O. The second kappa shape index (κ2) is 11.1. The standard InChI is InChI=1S/C21H36N4O/c1-5-13-25-14-12-19(17-25)15-23-21(22-6-2)24(4)16-18-8-10-20(11-9-18)26-7-3/h8-11,19H,5-7,12-17H2,1-4H3,(H,22,23). The van der Waals surface area contributed by atoms with Crippen LogP contribution in [0.4, 0.5) is 0 Å². The molecule has 1 aliphatic heterocycles. The SMILES string of the molecule is CCCN1CCC(CN=C(NCC)N(C)Cc2ccc(OCC)cc2)C1. The predicted octanol–water partition coefficient (Wildman–Crippen LogP) is 3.21. The van der Waals surface area contributed by atoms with E-state index in [1.165, 1.54) is 38.0 Å². The molecule has 1 saturated heterocycles. The van der Waals surface area contributed by atoms with E-state index in [1.807, 2.05) is 19.1 Å². The normalized spacial score (nSPS) is 18.2. The van der Waals surface area contributed by atoms with Gasteiger partial charge in [0.25, 0.3) is 0 Å². The Morgan fingerprint density at radius 1 is 1.27 bits per heavy atom. The van der Waals surface area contributed by atoms with Crippen molar-refractivity contribution in [3.63, 3.8) is 0 Å². The Hall–Kier alpha value is -1.75. The highest BCUT2D eigenvalue weighted by molar-refractivity contribution is 5.79. The van der Waals surface area contributed by atoms with Gasteiger partial charge in [-0.1, -0.05) is 19.1 Å². The maximum atomic E-state index is 5.52. The molecule has 0 aromatic heterocycles. The molecule has 1 aliphatic rings. The Kier molecular flexibility index (Phi) is 8.75. The fraction of sp³-hybridized carbons (Fsp3) is 0.667. The highest BCUT2D eigenvalue weighted by Gasteiger charge is 2.21. The smallest absolute Gasteiger partial charge is 0.193 e. The van der Waals surface area contributed by atoms with Crippen molar-refractivity contribution in [2.45, 2.75) is 40.2 Å². The van der Waals surface area contributed by atoms with Gasteiger partial charge in [0, 0.05) is 33.2 Å². The highest BCUT2D eigenvalue weighted by atomic mass is 16.5. The molecule has 0 saturated carbocycles. The van der Waals surface area contributed by atoms with E-state index in [2.05, 4.69) is 48.1 Å². The first kappa shape index (κ1) is 20.6. The largest absolute Gasteiger partial charge is 0.494 e. The molecule has 0 spiro atoms. The summed E-state index contributed by atoms with van der Waals surface area (Å²) in [6.07, 6.45) is 2.51. The summed E-state index contributed by atoms with van der Waals surface area (Å²) in [5, 5.41) is 3.43. The number of benzene rings is 1. The minimum absolute atomic E-state index is 0.689. The van der Waals surface area contributed by atoms with Gasteiger partial charge in [-0.05, 0) is 63.4 Å². The lowest BCUT2D eigenvalue weighted by Gasteiger charge is -2.23. The summed E-state index contributed by atoms with van der Waals surface area (Å²) in [5.41, 5.74) is 1.26. The first-order valence-electron chi connectivity index (χ1n) is 10.1. The van der Waals surface area contributed by atoms with Crippen molar-refractivity contribution in [2.75, 3.05) is 46.4 Å². The van der Waals surface area contributed by atoms with Crippen molar-refractivity contribution in [2.24, 2.45) is 10.9 Å². The Morgan fingerprint density at radius 3 is 2.69 bits per heavy atom. The fourth-order valence-corrected chi connectivity index (χ4v) is 3.47. The molecule has 1 atom stereocenters. The van der Waals surface area contributed by atoms with Gasteiger partial charge in [0.2, 0.25) is 0 Å². The van der Waals surface area contributed by atoms with Gasteiger partial charge in [-0.2, -0.15) is 0 Å². The minimum Gasteiger partial charge on any atom is -0.494 e. The van der Waals surface area contributed by atoms with Crippen LogP contribution >= 0.6 is 0 Å². The molecule has 1 fully saturated rings. The van der Waals surface area contributed by atoms with Crippen LogP contribution in [0.15, 0.2) is 29.3 Å². The van der Waals surface area contributed by atoms with E-state index in [-0.39, 0.29) is 0 Å². The quantitative estimate of drug-likeness (QED) is 0.542. The third-order valence-corrected chi connectivity index (χ3v) is 4.76. The van der Waals surface area contributed by atoms with Crippen molar-refractivity contribution >= 4 is 5.96 Å². The van der Waals surface area contributed by atoms with Crippen molar-refractivity contribution in [3.8, 4) is 5.75 Å². The summed E-state index contributed by atoms with van der Waals surface area (Å²) >= 11 is 0. The monoisotopic (exact) mass is 360 g/mol. The molecule has 1 heterocycles. The van der Waals surface area contributed by atoms with Crippen molar-refractivity contribution in [1.29, 1.82) is 0 Å². The van der Waals surface area contributed by atoms with Crippen LogP contribution in [0.1, 0.15) is 39.2 Å². The van der Waals surface area contributed by atoms with E-state index >= 15 is 0 Å². The van der Waals surface area contributed by atoms with Gasteiger partial charge in [0.1, 0.15) is 5.75 Å². The molecule has 0 aliphatic carbocycles. The van der Waals surface area contributed by atoms with E-state index in [9.17, 15) is 0 Å². The van der Waals surface area contributed by atoms with Crippen LogP contribution in [0.5, 0.6) is 5.75 Å². The zero-order chi connectivity index (χ0) is 18.8. The Bertz CT molecular complexity index is 543. The van der Waals surface area contributed by atoms with Crippen LogP contribution in [0.25, 0.3) is 0 Å². The van der Waals surface area contributed by atoms with Gasteiger partial charge in [-0.15, -0.1) is 0 Å². The van der Waals surface area contributed by atoms with Crippen LogP contribution in [0, 0.1) is 5.92 Å². The highest BCUT2D eigenvalue weighted by Crippen LogP contribution is 2.17. The second-order valence-electron chi connectivity index (χ2n) is 7.08. The summed E-state index contributed by atoms with van der Waals surface area (Å²) in [5.74, 6) is 2.61. The zero-order valence-electron chi connectivity index (χ0n) is 17.0. The van der Waals surface area contributed by atoms with Crippen molar-refractivity contribution in [3.05, 3.63) is 29.8 Å². The molecule has 1 N–H and O–H groups in total. The summed E-state index contributed by atoms with van der Waals surface area (Å²) in [6.45, 7) is 13.4. The summed E-state index contributed by atoms with van der Waals surface area (Å²) in [6, 6.07) is 8.34. The number of hydrogen-bond donors (Lipinski definition) is 1. The molecule has 1 aromatic carbocycles. The second-order valence-corrected chi connectivity index (χ2v) is 7.08. The molecule has 5 heteroatoms. The van der Waals surface area contributed by atoms with E-state index in [0.29, 0.717) is 12.5 Å². The lowest BCUT2D eigenvalue weighted by Crippen LogP contribution is -2.39. The van der Waals surface area contributed by atoms with Gasteiger partial charge in [-0.25, -0.2) is 0 Å². The van der Waals surface area contributed by atoms with Gasteiger partial charge in [0.15, 0.2) is 5.96 Å². The third kappa shape index (κ3) is 6.52. The number of rotatable bonds is 9. The number of hydrogen-bond acceptors (Lipinski definition) is 3. The summed E-state index contributed by atoms with van der Waals surface area (Å²) in [7, 11) is 2.11. The molecule has 1 aromatic rings. The topological polar surface area (TPSA) is 40.1 Å². The maximum absolute atomic E-state index is 5.52. The molecule has 0 bridgehead atoms. The fourth-order valence-electron chi connectivity index (χ4n) is 3.47. The van der Waals surface area contributed by atoms with Crippen molar-refractivity contribution in [1.82, 2.24) is 15.1 Å². The lowest BCUT2D eigenvalue weighted by molar-refractivity contribution is 0.326. The molecule has 26 heavy (non-hydrogen) atoms. The van der Waals surface area contributed by atoms with Crippen LogP contribution < -0.4 is 10.1 Å². The molecule has 2 rings (SSSR count). The Morgan fingerprint density at radius 2 is 2.04 bits per heavy atom. The first-order chi connectivity index (χ1) is 12.7. The summed E-state index contributed by atoms with van der Waals surface area (Å²) in [4.78, 5) is 9.69. The van der Waals surface area contributed by atoms with E-state index in [4.69, 9.17) is 9.73 Å². The lowest BCUT2D eigenvalue weighted by atomic mass is 10.1. The molecule has 0 amide bonds. The zero-order valence-corrected chi connectivity index (χ0v) is 17.0. The van der Waals surface area contributed by atoms with Crippen LogP contribution in [0.2, 0.25) is 0 Å². The molecule has 146 valence electrons. The molecular weight excluding hydrogens is 324 g/mol. The summed E-state index contributed by atoms with van der Waals surface area (Å²) < 4.78 is 5.52. The van der Waals surface area contributed by atoms with Crippen molar-refractivity contribution < 1.29 is 4.74 Å². The average molecular weight is 361 g/mol. The van der Waals surface area contributed by atoms with Crippen LogP contribution in [-0.2, 0) is 6.54 Å². The number of likely N-dealkylation sites (tertiary alicyclic amines) is 1. The predicted molar refractivity (Wildman–Crippen MR) is 110 cm³/mol. The Balaban J connectivity index is 1.90. The number of nitrogens with one attached hydrogen (secondary N) is 1. The number of aliphatic imine (C=N–C) groups is 1.